The summed E-state index contributed by atoms with van der Waals surface area (Å²) < 4.78 is 18.7. The molecule has 48 heavy (non-hydrogen) atoms. The number of benzene rings is 1. The van der Waals surface area contributed by atoms with Crippen LogP contribution in [-0.4, -0.2) is 84.6 Å². The maximum Gasteiger partial charge on any atom is 0.339 e. The van der Waals surface area contributed by atoms with Gasteiger partial charge in [-0.1, -0.05) is 6.08 Å². The van der Waals surface area contributed by atoms with Gasteiger partial charge in [0.15, 0.2) is 5.60 Å². The van der Waals surface area contributed by atoms with E-state index in [1.54, 1.807) is 39.0 Å². The van der Waals surface area contributed by atoms with Gasteiger partial charge in [0.1, 0.15) is 16.9 Å². The number of allylic oxidation sites excluding steroid dienone is 2. The molecule has 260 valence electrons. The number of carbonyl (C=O) groups is 2. The minimum Gasteiger partial charge on any atom is -0.482 e. The summed E-state index contributed by atoms with van der Waals surface area (Å²) in [6, 6.07) is 5.41. The third-order valence-electron chi connectivity index (χ3n) is 9.74. The van der Waals surface area contributed by atoms with Crippen LogP contribution in [0.15, 0.2) is 62.1 Å². The summed E-state index contributed by atoms with van der Waals surface area (Å²) in [5.41, 5.74) is 7.18. The molecule has 3 aliphatic heterocycles. The fourth-order valence-electron chi connectivity index (χ4n) is 6.80. The predicted molar refractivity (Wildman–Crippen MR) is 181 cm³/mol. The van der Waals surface area contributed by atoms with Gasteiger partial charge in [-0.15, -0.1) is 0 Å². The molecular formula is C36H48N4O8. The van der Waals surface area contributed by atoms with E-state index in [0.717, 1.165) is 28.6 Å². The number of nitrogens with zero attached hydrogens (tertiary/aromatic N) is 1. The van der Waals surface area contributed by atoms with E-state index >= 15 is 0 Å². The number of amides is 1. The Hall–Kier alpha value is -4.13. The number of ether oxygens (including phenoxy) is 2. The number of hydrogen-bond donors (Lipinski definition) is 5. The summed E-state index contributed by atoms with van der Waals surface area (Å²) in [6.45, 7) is 7.78. The second-order valence-electron chi connectivity index (χ2n) is 13.5. The van der Waals surface area contributed by atoms with Crippen LogP contribution in [0, 0.1) is 5.92 Å². The smallest absolute Gasteiger partial charge is 0.339 e. The summed E-state index contributed by atoms with van der Waals surface area (Å²) in [4.78, 5) is 41.3. The zero-order valence-electron chi connectivity index (χ0n) is 28.3. The van der Waals surface area contributed by atoms with Crippen LogP contribution in [0.4, 0.5) is 0 Å². The van der Waals surface area contributed by atoms with Crippen molar-refractivity contribution in [1.29, 1.82) is 0 Å². The highest BCUT2D eigenvalue weighted by atomic mass is 16.6. The number of aryl methyl sites for hydroxylation is 1. The highest BCUT2D eigenvalue weighted by Crippen LogP contribution is 2.48. The third kappa shape index (κ3) is 7.30. The van der Waals surface area contributed by atoms with Gasteiger partial charge >= 0.3 is 11.6 Å². The molecule has 0 radical (unpaired) electrons. The van der Waals surface area contributed by atoms with Gasteiger partial charge in [0.2, 0.25) is 5.91 Å². The van der Waals surface area contributed by atoms with Crippen LogP contribution in [-0.2, 0) is 27.2 Å². The first-order valence-corrected chi connectivity index (χ1v) is 16.7. The van der Waals surface area contributed by atoms with Crippen LogP contribution in [0.25, 0.3) is 11.0 Å². The molecule has 0 spiro atoms. The lowest BCUT2D eigenvalue weighted by Gasteiger charge is -2.43. The molecule has 1 unspecified atom stereocenters. The number of aliphatic hydroxyl groups is 2. The molecule has 1 amide bonds. The van der Waals surface area contributed by atoms with E-state index in [1.165, 1.54) is 0 Å². The Morgan fingerprint density at radius 3 is 2.69 bits per heavy atom. The number of nitrogens with one attached hydrogen (secondary N) is 2. The van der Waals surface area contributed by atoms with Gasteiger partial charge < -0.3 is 45.4 Å². The molecule has 5 rings (SSSR count). The van der Waals surface area contributed by atoms with E-state index in [9.17, 15) is 24.6 Å². The van der Waals surface area contributed by atoms with Crippen molar-refractivity contribution >= 4 is 22.8 Å². The third-order valence-corrected chi connectivity index (χ3v) is 9.74. The molecular weight excluding hydrogens is 616 g/mol. The Balaban J connectivity index is 1.52. The first-order valence-electron chi connectivity index (χ1n) is 16.7. The molecule has 1 fully saturated rings. The Morgan fingerprint density at radius 1 is 1.23 bits per heavy atom. The number of rotatable bonds is 14. The van der Waals surface area contributed by atoms with Gasteiger partial charge in [0.05, 0.1) is 12.2 Å². The van der Waals surface area contributed by atoms with Crippen molar-refractivity contribution in [3.05, 3.63) is 74.4 Å². The van der Waals surface area contributed by atoms with E-state index in [1.807, 2.05) is 24.1 Å². The summed E-state index contributed by atoms with van der Waals surface area (Å²) >= 11 is 0. The molecule has 1 atom stereocenters. The van der Waals surface area contributed by atoms with E-state index in [4.69, 9.17) is 19.6 Å². The maximum absolute atomic E-state index is 13.4. The molecule has 0 bridgehead atoms. The van der Waals surface area contributed by atoms with Gasteiger partial charge in [-0.25, -0.2) is 9.59 Å². The highest BCUT2D eigenvalue weighted by Gasteiger charge is 2.55. The van der Waals surface area contributed by atoms with E-state index in [2.05, 4.69) is 10.6 Å². The Bertz CT molecular complexity index is 1700. The zero-order valence-corrected chi connectivity index (χ0v) is 28.3. The molecule has 6 N–H and O–H groups in total. The maximum atomic E-state index is 13.4. The minimum absolute atomic E-state index is 0.0358. The number of aliphatic hydroxyl groups excluding tert-OH is 2. The van der Waals surface area contributed by atoms with Crippen LogP contribution in [0.3, 0.4) is 0 Å². The number of dihydropyridines is 1. The summed E-state index contributed by atoms with van der Waals surface area (Å²) in [7, 11) is 1.91. The molecule has 2 aromatic rings. The second-order valence-corrected chi connectivity index (χ2v) is 13.5. The van der Waals surface area contributed by atoms with Crippen molar-refractivity contribution in [2.75, 3.05) is 46.4 Å². The first-order chi connectivity index (χ1) is 22.9. The van der Waals surface area contributed by atoms with Crippen LogP contribution < -0.4 is 26.7 Å². The number of hydrogen-bond acceptors (Lipinski definition) is 11. The molecule has 12 nitrogen and oxygen atoms in total. The summed E-state index contributed by atoms with van der Waals surface area (Å²) in [6.07, 6.45) is 5.26. The number of nitrogens with two attached hydrogens (primary N) is 1. The molecule has 0 saturated carbocycles. The van der Waals surface area contributed by atoms with E-state index < -0.39 is 22.8 Å². The monoisotopic (exact) mass is 664 g/mol. The van der Waals surface area contributed by atoms with Crippen molar-refractivity contribution in [1.82, 2.24) is 15.5 Å². The van der Waals surface area contributed by atoms with Crippen molar-refractivity contribution in [3.63, 3.8) is 0 Å². The number of likely N-dealkylation sites (tertiary alicyclic amines) is 1. The number of carbonyl (C=O) groups excluding carboxylic acids is 2. The normalized spacial score (nSPS) is 19.8. The lowest BCUT2D eigenvalue weighted by atomic mass is 9.75. The average molecular weight is 665 g/mol. The second kappa shape index (κ2) is 14.6. The van der Waals surface area contributed by atoms with Crippen molar-refractivity contribution in [2.45, 2.75) is 70.5 Å². The average Bonchev–Trinajstić information content (AvgIpc) is 3.38. The fraction of sp³-hybridized carbons (Fsp3) is 0.528. The molecule has 0 aliphatic carbocycles. The van der Waals surface area contributed by atoms with Crippen LogP contribution in [0.5, 0.6) is 5.75 Å². The zero-order chi connectivity index (χ0) is 34.6. The lowest BCUT2D eigenvalue weighted by molar-refractivity contribution is -0.174. The van der Waals surface area contributed by atoms with Gasteiger partial charge in [0.25, 0.3) is 0 Å². The first kappa shape index (κ1) is 35.2. The van der Waals surface area contributed by atoms with Crippen molar-refractivity contribution < 1.29 is 33.7 Å². The van der Waals surface area contributed by atoms with Crippen LogP contribution >= 0.6 is 0 Å². The number of fused-ring (bicyclic) bond motifs is 2. The Morgan fingerprint density at radius 2 is 2.00 bits per heavy atom. The van der Waals surface area contributed by atoms with Crippen molar-refractivity contribution in [2.24, 2.45) is 11.7 Å². The summed E-state index contributed by atoms with van der Waals surface area (Å²) in [5.74, 6) is 0.886. The quantitative estimate of drug-likeness (QED) is 0.114. The molecule has 1 saturated heterocycles. The predicted octanol–water partition coefficient (Wildman–Crippen LogP) is 2.20. The molecule has 12 heteroatoms. The molecule has 3 aliphatic rings. The highest BCUT2D eigenvalue weighted by molar-refractivity contribution is 5.89. The lowest BCUT2D eigenvalue weighted by Crippen LogP contribution is -2.57. The molecule has 1 aromatic carbocycles. The minimum atomic E-state index is -1.22. The van der Waals surface area contributed by atoms with Crippen LogP contribution in [0.1, 0.15) is 57.6 Å². The van der Waals surface area contributed by atoms with Crippen LogP contribution in [0.2, 0.25) is 0 Å². The number of esters is 1. The largest absolute Gasteiger partial charge is 0.482 e. The SMILES string of the molecule is CC=C(CCO)C(=O)OC(C)(C)C1(CC2=C(CC(=O)N3CC(CNC)C3)CNC(N)=C2)Cc2cc3cc(CCCO)c(=O)oc3cc2O1. The molecule has 1 aromatic heterocycles. The topological polar surface area (TPSA) is 177 Å². The van der Waals surface area contributed by atoms with Gasteiger partial charge in [-0.3, -0.25) is 4.79 Å². The van der Waals surface area contributed by atoms with Gasteiger partial charge in [-0.2, -0.15) is 0 Å². The van der Waals surface area contributed by atoms with E-state index in [0.29, 0.717) is 73.1 Å². The summed E-state index contributed by atoms with van der Waals surface area (Å²) in [5, 5.41) is 25.9. The molecule has 4 heterocycles. The van der Waals surface area contributed by atoms with Gasteiger partial charge in [0, 0.05) is 87.2 Å². The Labute approximate surface area is 280 Å². The fourth-order valence-corrected chi connectivity index (χ4v) is 6.80. The van der Waals surface area contributed by atoms with E-state index in [-0.39, 0.29) is 38.4 Å². The van der Waals surface area contributed by atoms with Crippen molar-refractivity contribution in [3.8, 4) is 5.75 Å². The standard InChI is InChI=1S/C36H48N4O8/c1-5-23(8-10-42)34(45)48-35(2,3)36(16-26-13-31(37)39-19-28(26)14-32(43)40-20-22(21-40)18-38-4)17-27-12-25-11-24(7-6-9-41)33(44)46-29(25)15-30(27)47-36/h5,11-13,15,22,38-39,41-42H,6-10,14,16-21,37H2,1-4H3. The van der Waals surface area contributed by atoms with Gasteiger partial charge in [-0.05, 0) is 75.6 Å². The Kier molecular flexibility index (Phi) is 10.7.